The van der Waals surface area contributed by atoms with Crippen molar-refractivity contribution in [1.82, 2.24) is 6.15 Å². The summed E-state index contributed by atoms with van der Waals surface area (Å²) >= 11 is 6.13. The van der Waals surface area contributed by atoms with Crippen LogP contribution in [0.4, 0.5) is 11.4 Å². The number of hydrogen-bond donors (Lipinski definition) is 2. The molecule has 0 aromatic heterocycles. The Hall–Kier alpha value is -2.72. The first-order valence-electron chi connectivity index (χ1n) is 8.24. The summed E-state index contributed by atoms with van der Waals surface area (Å²) < 4.78 is 32.0. The van der Waals surface area contributed by atoms with Crippen LogP contribution in [0.25, 0.3) is 6.08 Å². The Kier molecular flexibility index (Phi) is 6.49. The molecule has 0 atom stereocenters. The van der Waals surface area contributed by atoms with Crippen LogP contribution in [-0.2, 0) is 14.9 Å². The molecular formula is C19H21ClN4O4S. The van der Waals surface area contributed by atoms with Crippen molar-refractivity contribution in [1.29, 1.82) is 0 Å². The topological polar surface area (TPSA) is 125 Å². The number of halogens is 1. The molecule has 2 aromatic rings. The van der Waals surface area contributed by atoms with Gasteiger partial charge in [-0.2, -0.15) is 18.5 Å². The van der Waals surface area contributed by atoms with E-state index in [2.05, 4.69) is 5.10 Å². The maximum atomic E-state index is 12.9. The fourth-order valence-corrected chi connectivity index (χ4v) is 3.40. The Morgan fingerprint density at radius 1 is 1.14 bits per heavy atom. The molecule has 0 fully saturated rings. The van der Waals surface area contributed by atoms with E-state index in [0.29, 0.717) is 11.3 Å². The average Bonchev–Trinajstić information content (AvgIpc) is 2.89. The SMILES string of the molecule is CC1=NN(c2cc(S(=O)(=O)O)ccc2Cl)C(=O)/C1=C\c1ccc(N(C)C)cc1.N. The van der Waals surface area contributed by atoms with Crippen LogP contribution in [0.3, 0.4) is 0 Å². The van der Waals surface area contributed by atoms with Crippen LogP contribution in [0.1, 0.15) is 12.5 Å². The van der Waals surface area contributed by atoms with E-state index in [1.54, 1.807) is 13.0 Å². The van der Waals surface area contributed by atoms with Crippen LogP contribution < -0.4 is 16.1 Å². The van der Waals surface area contributed by atoms with Gasteiger partial charge in [0.2, 0.25) is 0 Å². The Bertz CT molecular complexity index is 1110. The van der Waals surface area contributed by atoms with Crippen molar-refractivity contribution < 1.29 is 17.8 Å². The molecule has 1 heterocycles. The summed E-state index contributed by atoms with van der Waals surface area (Å²) in [5.41, 5.74) is 2.76. The molecule has 3 rings (SSSR count). The third-order valence-corrected chi connectivity index (χ3v) is 5.40. The largest absolute Gasteiger partial charge is 0.378 e. The lowest BCUT2D eigenvalue weighted by Gasteiger charge is -2.14. The van der Waals surface area contributed by atoms with Gasteiger partial charge in [0.1, 0.15) is 0 Å². The van der Waals surface area contributed by atoms with Gasteiger partial charge in [-0.25, -0.2) is 0 Å². The second-order valence-electron chi connectivity index (χ2n) is 6.43. The van der Waals surface area contributed by atoms with Gasteiger partial charge in [0.05, 0.1) is 26.9 Å². The molecule has 8 nitrogen and oxygen atoms in total. The number of anilines is 2. The number of benzene rings is 2. The van der Waals surface area contributed by atoms with Crippen LogP contribution in [0, 0.1) is 0 Å². The fourth-order valence-electron chi connectivity index (χ4n) is 2.70. The van der Waals surface area contributed by atoms with E-state index in [9.17, 15) is 17.8 Å². The highest BCUT2D eigenvalue weighted by Gasteiger charge is 2.30. The molecule has 29 heavy (non-hydrogen) atoms. The quantitative estimate of drug-likeness (QED) is 0.556. The molecule has 0 bridgehead atoms. The fraction of sp³-hybridized carbons (Fsp3) is 0.158. The number of nitrogens with zero attached hydrogens (tertiary/aromatic N) is 3. The molecule has 0 spiro atoms. The highest BCUT2D eigenvalue weighted by atomic mass is 35.5. The standard InChI is InChI=1S/C19H18ClN3O4S.H3N/c1-12-16(10-13-4-6-14(7-5-13)22(2)3)19(24)23(21-12)18-11-15(28(25,26)27)8-9-17(18)20;/h4-11H,1-3H3,(H,25,26,27);1H3/b16-10-;. The number of hydrazone groups is 1. The summed E-state index contributed by atoms with van der Waals surface area (Å²) in [7, 11) is -0.564. The minimum atomic E-state index is -4.44. The van der Waals surface area contributed by atoms with Gasteiger partial charge in [0.25, 0.3) is 16.0 Å². The number of carbonyl (C=O) groups is 1. The van der Waals surface area contributed by atoms with Gasteiger partial charge in [-0.15, -0.1) is 0 Å². The van der Waals surface area contributed by atoms with E-state index < -0.39 is 16.0 Å². The molecule has 10 heteroatoms. The number of carbonyl (C=O) groups excluding carboxylic acids is 1. The molecule has 1 aliphatic heterocycles. The summed E-state index contributed by atoms with van der Waals surface area (Å²) in [5, 5.41) is 5.38. The molecular weight excluding hydrogens is 416 g/mol. The molecule has 0 aliphatic carbocycles. The lowest BCUT2D eigenvalue weighted by molar-refractivity contribution is -0.114. The maximum Gasteiger partial charge on any atom is 0.294 e. The van der Waals surface area contributed by atoms with E-state index in [4.69, 9.17) is 11.6 Å². The third-order valence-electron chi connectivity index (χ3n) is 4.23. The van der Waals surface area contributed by atoms with Crippen LogP contribution in [-0.4, -0.2) is 38.7 Å². The summed E-state index contributed by atoms with van der Waals surface area (Å²) in [6.45, 7) is 1.68. The Labute approximate surface area is 174 Å². The Balaban J connectivity index is 0.00000300. The van der Waals surface area contributed by atoms with Gasteiger partial charge in [-0.1, -0.05) is 23.7 Å². The van der Waals surface area contributed by atoms with Gasteiger partial charge in [-0.3, -0.25) is 9.35 Å². The molecule has 2 aromatic carbocycles. The molecule has 154 valence electrons. The zero-order valence-corrected chi connectivity index (χ0v) is 17.7. The first-order chi connectivity index (χ1) is 13.1. The van der Waals surface area contributed by atoms with Gasteiger partial charge in [0, 0.05) is 19.8 Å². The van der Waals surface area contributed by atoms with E-state index in [1.807, 2.05) is 43.3 Å². The monoisotopic (exact) mass is 436 g/mol. The van der Waals surface area contributed by atoms with Crippen LogP contribution in [0.5, 0.6) is 0 Å². The smallest absolute Gasteiger partial charge is 0.294 e. The van der Waals surface area contributed by atoms with E-state index >= 15 is 0 Å². The molecule has 0 unspecified atom stereocenters. The van der Waals surface area contributed by atoms with Crippen molar-refractivity contribution >= 4 is 50.8 Å². The van der Waals surface area contributed by atoms with Crippen molar-refractivity contribution in [3.8, 4) is 0 Å². The van der Waals surface area contributed by atoms with Crippen molar-refractivity contribution in [3.05, 3.63) is 58.6 Å². The lowest BCUT2D eigenvalue weighted by atomic mass is 10.1. The molecule has 1 aliphatic rings. The van der Waals surface area contributed by atoms with Crippen molar-refractivity contribution in [2.75, 3.05) is 24.0 Å². The first-order valence-corrected chi connectivity index (χ1v) is 10.1. The molecule has 1 amide bonds. The predicted octanol–water partition coefficient (Wildman–Crippen LogP) is 3.62. The minimum Gasteiger partial charge on any atom is -0.378 e. The van der Waals surface area contributed by atoms with Gasteiger partial charge < -0.3 is 11.1 Å². The lowest BCUT2D eigenvalue weighted by Crippen LogP contribution is -2.22. The number of rotatable bonds is 4. The first kappa shape index (κ1) is 22.6. The molecule has 0 radical (unpaired) electrons. The number of amides is 1. The second-order valence-corrected chi connectivity index (χ2v) is 8.26. The average molecular weight is 437 g/mol. The van der Waals surface area contributed by atoms with Crippen molar-refractivity contribution in [3.63, 3.8) is 0 Å². The Morgan fingerprint density at radius 3 is 2.31 bits per heavy atom. The second kappa shape index (κ2) is 8.34. The number of hydrogen-bond acceptors (Lipinski definition) is 6. The minimum absolute atomic E-state index is 0. The molecule has 0 saturated heterocycles. The van der Waals surface area contributed by atoms with E-state index in [1.165, 1.54) is 6.07 Å². The molecule has 0 saturated carbocycles. The third kappa shape index (κ3) is 4.65. The van der Waals surface area contributed by atoms with Gasteiger partial charge >= 0.3 is 0 Å². The summed E-state index contributed by atoms with van der Waals surface area (Å²) in [6.07, 6.45) is 1.71. The highest BCUT2D eigenvalue weighted by Crippen LogP contribution is 2.33. The summed E-state index contributed by atoms with van der Waals surface area (Å²) in [5.74, 6) is -0.441. The Morgan fingerprint density at radius 2 is 1.76 bits per heavy atom. The zero-order chi connectivity index (χ0) is 20.6. The zero-order valence-electron chi connectivity index (χ0n) is 16.1. The highest BCUT2D eigenvalue weighted by molar-refractivity contribution is 7.85. The normalized spacial score (nSPS) is 15.3. The van der Waals surface area contributed by atoms with E-state index in [0.717, 1.165) is 28.4 Å². The molecule has 4 N–H and O–H groups in total. The van der Waals surface area contributed by atoms with Crippen LogP contribution in [0.2, 0.25) is 5.02 Å². The van der Waals surface area contributed by atoms with Crippen molar-refractivity contribution in [2.45, 2.75) is 11.8 Å². The summed E-state index contributed by atoms with van der Waals surface area (Å²) in [6, 6.07) is 11.2. The van der Waals surface area contributed by atoms with Gasteiger partial charge in [0.15, 0.2) is 0 Å². The maximum absolute atomic E-state index is 12.9. The van der Waals surface area contributed by atoms with Crippen LogP contribution in [0.15, 0.2) is 58.0 Å². The van der Waals surface area contributed by atoms with E-state index in [-0.39, 0.29) is 21.8 Å². The van der Waals surface area contributed by atoms with Gasteiger partial charge in [-0.05, 0) is 48.9 Å². The summed E-state index contributed by atoms with van der Waals surface area (Å²) in [4.78, 5) is 14.5. The predicted molar refractivity (Wildman–Crippen MR) is 116 cm³/mol. The van der Waals surface area contributed by atoms with Crippen LogP contribution >= 0.6 is 11.6 Å². The van der Waals surface area contributed by atoms with Crippen molar-refractivity contribution in [2.24, 2.45) is 5.10 Å².